The summed E-state index contributed by atoms with van der Waals surface area (Å²) < 4.78 is 12.6. The summed E-state index contributed by atoms with van der Waals surface area (Å²) in [6, 6.07) is 0. The molecule has 5 fully saturated rings. The molecule has 2 N–H and O–H groups in total. The fraction of sp³-hybridized carbons (Fsp3) is 0.913. The number of rotatable bonds is 14. The maximum absolute atomic E-state index is 13.4. The summed E-state index contributed by atoms with van der Waals surface area (Å²) in [4.78, 5) is 49.9. The van der Waals surface area contributed by atoms with Crippen LogP contribution < -0.4 is 0 Å². The van der Waals surface area contributed by atoms with Crippen molar-refractivity contribution in [2.75, 3.05) is 6.61 Å². The minimum atomic E-state index is -0.876. The van der Waals surface area contributed by atoms with Gasteiger partial charge in [-0.2, -0.15) is 0 Å². The molecule has 0 radical (unpaired) electrons. The number of carbonyl (C=O) groups excluding carboxylic acids is 2. The number of carboxylic acids is 2. The maximum atomic E-state index is 13.4. The lowest BCUT2D eigenvalue weighted by Crippen LogP contribution is -2.67. The van der Waals surface area contributed by atoms with Crippen molar-refractivity contribution in [1.82, 2.24) is 0 Å². The van der Waals surface area contributed by atoms with Crippen LogP contribution >= 0.6 is 0 Å². The third-order valence-corrected chi connectivity index (χ3v) is 18.3. The molecule has 0 aromatic carbocycles. The number of ether oxygens (including phenoxy) is 2. The van der Waals surface area contributed by atoms with Crippen LogP contribution in [0.5, 0.6) is 0 Å². The zero-order valence-corrected chi connectivity index (χ0v) is 35.9. The monoisotopic (exact) mass is 757 g/mol. The van der Waals surface area contributed by atoms with Gasteiger partial charge in [0.25, 0.3) is 0 Å². The SMILES string of the molecule is CCC(C)(CC(=O)O)CC(=O)OC[C@]12CC[C@@H](C(C)C)[C@@H]1[C@H]1CC[C@@H]3[C@@]4(C)CCC(OC(=O)CC(C)(CC)CC(=O)O)C(C)(C)[C@@H]4CC[C@@]3(C)[C@]1(C)CC2. The van der Waals surface area contributed by atoms with Gasteiger partial charge in [-0.05, 0) is 140 Å². The Morgan fingerprint density at radius 2 is 1.28 bits per heavy atom. The smallest absolute Gasteiger partial charge is 0.306 e. The number of fused-ring (bicyclic) bond motifs is 7. The number of esters is 2. The predicted molar refractivity (Wildman–Crippen MR) is 210 cm³/mol. The first-order chi connectivity index (χ1) is 24.9. The highest BCUT2D eigenvalue weighted by molar-refractivity contribution is 5.74. The van der Waals surface area contributed by atoms with Crippen LogP contribution in [0.25, 0.3) is 0 Å². The van der Waals surface area contributed by atoms with E-state index < -0.39 is 22.8 Å². The molecular formula is C46H76O8. The Bertz CT molecular complexity index is 1440. The lowest BCUT2D eigenvalue weighted by molar-refractivity contribution is -0.254. The van der Waals surface area contributed by atoms with E-state index >= 15 is 0 Å². The summed E-state index contributed by atoms with van der Waals surface area (Å²) in [5, 5.41) is 19.0. The molecule has 8 heteroatoms. The van der Waals surface area contributed by atoms with E-state index in [4.69, 9.17) is 9.47 Å². The standard InChI is InChI=1S/C46H76O8/c1-12-41(7,24-35(47)48)26-37(51)53-28-46-21-16-30(29(3)4)39(46)31-14-15-33-43(9)19-18-34(54-38(52)27-42(8,13-2)25-36(49)50)40(5,6)32(43)17-20-45(33,11)44(31,10)22-23-46/h29-34,39H,12-28H2,1-11H3,(H,47,48)(H,49,50)/t30-,31+,32-,33+,34?,39+,41?,42?,43-,44+,45+,46+/m0/s1. The van der Waals surface area contributed by atoms with Crippen molar-refractivity contribution in [3.05, 3.63) is 0 Å². The largest absolute Gasteiger partial charge is 0.481 e. The Balaban J connectivity index is 1.35. The zero-order valence-electron chi connectivity index (χ0n) is 35.9. The quantitative estimate of drug-likeness (QED) is 0.168. The number of carboxylic acid groups (broad SMARTS) is 2. The first kappa shape index (κ1) is 43.0. The van der Waals surface area contributed by atoms with Crippen LogP contribution in [-0.2, 0) is 28.7 Å². The highest BCUT2D eigenvalue weighted by Crippen LogP contribution is 2.77. The first-order valence-electron chi connectivity index (χ1n) is 21.7. The van der Waals surface area contributed by atoms with Gasteiger partial charge in [-0.15, -0.1) is 0 Å². The summed E-state index contributed by atoms with van der Waals surface area (Å²) >= 11 is 0. The Kier molecular flexibility index (Phi) is 11.9. The molecule has 0 bridgehead atoms. The van der Waals surface area contributed by atoms with Crippen LogP contribution in [0, 0.1) is 73.4 Å². The van der Waals surface area contributed by atoms with Gasteiger partial charge in [0.05, 0.1) is 32.3 Å². The van der Waals surface area contributed by atoms with Crippen LogP contribution in [0.15, 0.2) is 0 Å². The fourth-order valence-electron chi connectivity index (χ4n) is 14.5. The predicted octanol–water partition coefficient (Wildman–Crippen LogP) is 10.7. The fourth-order valence-corrected chi connectivity index (χ4v) is 14.5. The van der Waals surface area contributed by atoms with Crippen molar-refractivity contribution in [2.45, 2.75) is 185 Å². The minimum absolute atomic E-state index is 0.0171. The molecule has 5 aliphatic carbocycles. The summed E-state index contributed by atoms with van der Waals surface area (Å²) in [6.07, 6.45) is 12.3. The topological polar surface area (TPSA) is 127 Å². The van der Waals surface area contributed by atoms with E-state index in [0.717, 1.165) is 38.5 Å². The van der Waals surface area contributed by atoms with E-state index in [-0.39, 0.29) is 70.8 Å². The molecule has 54 heavy (non-hydrogen) atoms. The van der Waals surface area contributed by atoms with Crippen LogP contribution in [0.3, 0.4) is 0 Å². The Labute approximate surface area is 327 Å². The molecule has 3 unspecified atom stereocenters. The normalized spacial score (nSPS) is 40.5. The second kappa shape index (κ2) is 15.0. The van der Waals surface area contributed by atoms with Crippen molar-refractivity contribution in [3.8, 4) is 0 Å². The second-order valence-electron chi connectivity index (χ2n) is 21.8. The Morgan fingerprint density at radius 3 is 1.83 bits per heavy atom. The molecule has 0 heterocycles. The van der Waals surface area contributed by atoms with E-state index in [1.54, 1.807) is 0 Å². The summed E-state index contributed by atoms with van der Waals surface area (Å²) in [7, 11) is 0. The van der Waals surface area contributed by atoms with E-state index in [1.165, 1.54) is 25.7 Å². The molecule has 0 aromatic heterocycles. The number of carbonyl (C=O) groups is 4. The van der Waals surface area contributed by atoms with Gasteiger partial charge in [0.1, 0.15) is 6.10 Å². The molecule has 5 rings (SSSR count). The van der Waals surface area contributed by atoms with Gasteiger partial charge in [0.2, 0.25) is 0 Å². The molecule has 0 amide bonds. The zero-order chi connectivity index (χ0) is 40.3. The molecule has 0 saturated heterocycles. The first-order valence-corrected chi connectivity index (χ1v) is 21.7. The maximum Gasteiger partial charge on any atom is 0.306 e. The van der Waals surface area contributed by atoms with Crippen LogP contribution in [0.4, 0.5) is 0 Å². The lowest BCUT2D eigenvalue weighted by Gasteiger charge is -2.73. The lowest BCUT2D eigenvalue weighted by atomic mass is 9.32. The van der Waals surface area contributed by atoms with Crippen molar-refractivity contribution < 1.29 is 38.9 Å². The minimum Gasteiger partial charge on any atom is -0.481 e. The van der Waals surface area contributed by atoms with E-state index in [1.807, 2.05) is 27.7 Å². The number of hydrogen-bond donors (Lipinski definition) is 2. The van der Waals surface area contributed by atoms with Crippen molar-refractivity contribution >= 4 is 23.9 Å². The Hall–Kier alpha value is -2.12. The molecule has 5 saturated carbocycles. The summed E-state index contributed by atoms with van der Waals surface area (Å²) in [6.45, 7) is 25.4. The molecule has 308 valence electrons. The van der Waals surface area contributed by atoms with E-state index in [0.29, 0.717) is 55.0 Å². The third kappa shape index (κ3) is 7.40. The molecule has 0 aliphatic heterocycles. The van der Waals surface area contributed by atoms with Crippen LogP contribution in [-0.4, -0.2) is 46.8 Å². The van der Waals surface area contributed by atoms with E-state index in [2.05, 4.69) is 48.5 Å². The highest BCUT2D eigenvalue weighted by atomic mass is 16.5. The van der Waals surface area contributed by atoms with Crippen molar-refractivity contribution in [1.29, 1.82) is 0 Å². The van der Waals surface area contributed by atoms with Crippen LogP contribution in [0.2, 0.25) is 0 Å². The van der Waals surface area contributed by atoms with Crippen LogP contribution in [0.1, 0.15) is 179 Å². The molecule has 8 nitrogen and oxygen atoms in total. The number of hydrogen-bond acceptors (Lipinski definition) is 6. The number of aliphatic carboxylic acids is 2. The summed E-state index contributed by atoms with van der Waals surface area (Å²) in [5.41, 5.74) is -0.934. The Morgan fingerprint density at radius 1 is 0.685 bits per heavy atom. The molecule has 12 atom stereocenters. The molecule has 5 aliphatic rings. The third-order valence-electron chi connectivity index (χ3n) is 18.3. The van der Waals surface area contributed by atoms with Crippen molar-refractivity contribution in [3.63, 3.8) is 0 Å². The second-order valence-corrected chi connectivity index (χ2v) is 21.8. The molecule has 0 spiro atoms. The van der Waals surface area contributed by atoms with E-state index in [9.17, 15) is 29.4 Å². The molecule has 0 aromatic rings. The van der Waals surface area contributed by atoms with Gasteiger partial charge in [0, 0.05) is 10.8 Å². The van der Waals surface area contributed by atoms with Gasteiger partial charge in [-0.25, -0.2) is 0 Å². The highest BCUT2D eigenvalue weighted by Gasteiger charge is 2.71. The average Bonchev–Trinajstić information content (AvgIpc) is 3.45. The van der Waals surface area contributed by atoms with Crippen molar-refractivity contribution in [2.24, 2.45) is 73.4 Å². The van der Waals surface area contributed by atoms with Gasteiger partial charge in [-0.3, -0.25) is 19.2 Å². The summed E-state index contributed by atoms with van der Waals surface area (Å²) in [5.74, 6) is 0.979. The van der Waals surface area contributed by atoms with Gasteiger partial charge < -0.3 is 19.7 Å². The van der Waals surface area contributed by atoms with Gasteiger partial charge in [-0.1, -0.05) is 76.2 Å². The van der Waals surface area contributed by atoms with Gasteiger partial charge >= 0.3 is 23.9 Å². The molecular weight excluding hydrogens is 680 g/mol. The van der Waals surface area contributed by atoms with Gasteiger partial charge in [0.15, 0.2) is 0 Å². The average molecular weight is 757 g/mol.